The Kier molecular flexibility index (Phi) is 12.0. The number of amides is 1. The summed E-state index contributed by atoms with van der Waals surface area (Å²) in [6.07, 6.45) is -2.44. The van der Waals surface area contributed by atoms with Crippen LogP contribution in [0.1, 0.15) is 65.0 Å². The summed E-state index contributed by atoms with van der Waals surface area (Å²) in [7, 11) is 1.20. The Hall–Kier alpha value is -4.36. The molecule has 4 atom stereocenters. The molecule has 1 amide bonds. The van der Waals surface area contributed by atoms with E-state index >= 15 is 4.39 Å². The molecule has 0 saturated carbocycles. The molecule has 0 bridgehead atoms. The average Bonchev–Trinajstić information content (AvgIpc) is 3.81. The average molecular weight is 764 g/mol. The zero-order chi connectivity index (χ0) is 38.9. The smallest absolute Gasteiger partial charge is 0.417 e. The second kappa shape index (κ2) is 15.9. The third-order valence-electron chi connectivity index (χ3n) is 9.85. The van der Waals surface area contributed by atoms with E-state index in [1.54, 1.807) is 17.9 Å². The van der Waals surface area contributed by atoms with Gasteiger partial charge in [0.05, 0.1) is 22.9 Å². The first kappa shape index (κ1) is 39.8. The summed E-state index contributed by atoms with van der Waals surface area (Å²) in [5.74, 6) is -2.05. The number of nitrogens with two attached hydrogens (primary N) is 1. The Labute approximate surface area is 308 Å². The number of ether oxygens (including phenoxy) is 1. The third kappa shape index (κ3) is 7.68. The number of carbonyl (C=O) groups is 1. The number of nitriles is 1. The minimum atomic E-state index is -5.10. The Morgan fingerprint density at radius 1 is 1.13 bits per heavy atom. The monoisotopic (exact) mass is 763 g/mol. The van der Waals surface area contributed by atoms with Gasteiger partial charge in [-0.1, -0.05) is 26.8 Å². The summed E-state index contributed by atoms with van der Waals surface area (Å²) in [6.45, 7) is 12.0. The first-order chi connectivity index (χ1) is 25.1. The van der Waals surface area contributed by atoms with E-state index in [1.807, 2.05) is 13.8 Å². The maximum absolute atomic E-state index is 16.5. The number of nitrogens with zero attached hydrogens (tertiary/aromatic N) is 6. The Morgan fingerprint density at radius 3 is 2.45 bits per heavy atom. The van der Waals surface area contributed by atoms with Gasteiger partial charge in [-0.05, 0) is 63.3 Å². The van der Waals surface area contributed by atoms with E-state index in [0.29, 0.717) is 17.4 Å². The van der Waals surface area contributed by atoms with Crippen LogP contribution in [0, 0.1) is 28.9 Å². The van der Waals surface area contributed by atoms with Crippen LogP contribution in [-0.4, -0.2) is 83.8 Å². The number of hydrogen-bond donors (Lipinski definition) is 1. The number of methoxy groups -OCH3 is 1. The quantitative estimate of drug-likeness (QED) is 0.207. The van der Waals surface area contributed by atoms with Crippen molar-refractivity contribution in [2.24, 2.45) is 5.92 Å². The van der Waals surface area contributed by atoms with Gasteiger partial charge in [0.25, 0.3) is 5.91 Å². The molecule has 0 radical (unpaired) electrons. The highest BCUT2D eigenvalue weighted by molar-refractivity contribution is 7.23. The van der Waals surface area contributed by atoms with Crippen LogP contribution in [0.3, 0.4) is 0 Å². The Balaban J connectivity index is 0.000000421. The third-order valence-corrected chi connectivity index (χ3v) is 10.9. The van der Waals surface area contributed by atoms with Crippen molar-refractivity contribution in [1.82, 2.24) is 19.8 Å². The first-order valence-electron chi connectivity index (χ1n) is 17.6. The molecule has 0 spiro atoms. The second-order valence-corrected chi connectivity index (χ2v) is 14.4. The largest absolute Gasteiger partial charge is 0.467 e. The minimum absolute atomic E-state index is 0.0405. The van der Waals surface area contributed by atoms with Gasteiger partial charge in [-0.3, -0.25) is 4.79 Å². The van der Waals surface area contributed by atoms with Gasteiger partial charge in [-0.15, -0.1) is 11.3 Å². The van der Waals surface area contributed by atoms with Crippen molar-refractivity contribution in [3.63, 3.8) is 0 Å². The predicted octanol–water partition coefficient (Wildman–Crippen LogP) is 8.18. The summed E-state index contributed by atoms with van der Waals surface area (Å²) >= 11 is 0.666. The lowest BCUT2D eigenvalue weighted by atomic mass is 9.92. The molecule has 53 heavy (non-hydrogen) atoms. The lowest BCUT2D eigenvalue weighted by Gasteiger charge is -2.41. The van der Waals surface area contributed by atoms with Gasteiger partial charge < -0.3 is 25.2 Å². The molecule has 286 valence electrons. The molecule has 4 aromatic rings. The zero-order valence-electron chi connectivity index (χ0n) is 30.5. The SMILES string of the molecule is CC.COc1nc(N2CCN(C(=O)C(C)F)C(C)C2)c2cc(C(F)(F)F)c(-c3ccc(F)c4sc(N)c(C#N)c34)c(F)c2n1.C[C@@H]1CC2CCCN2C1. The van der Waals surface area contributed by atoms with Crippen LogP contribution in [0.25, 0.3) is 32.1 Å². The number of alkyl halides is 4. The van der Waals surface area contributed by atoms with Crippen LogP contribution in [0.5, 0.6) is 6.01 Å². The molecule has 3 unspecified atom stereocenters. The topological polar surface area (TPSA) is 112 Å². The van der Waals surface area contributed by atoms with Crippen LogP contribution >= 0.6 is 11.3 Å². The molecule has 5 heterocycles. The standard InChI is InChI=1S/C27H22F6N6O2S.C8H15N.C2H6/c1-11-10-38(6-7-39(11)25(40)12(2)28)24-14-8-16(27(31,32)33)19(20(30)21(14)36-26(37-24)41-3)13-4-5-17(29)22-18(13)15(9-34)23(35)42-22;1-7-5-8-3-2-4-9(8)6-7;1-2/h4-5,8,11-12H,6-7,10,35H2,1-3H3;7-8H,2-6H2,1H3;1-2H3/t;7-,8?;/m.1./s1. The van der Waals surface area contributed by atoms with E-state index < -0.39 is 52.6 Å². The highest BCUT2D eigenvalue weighted by Crippen LogP contribution is 2.48. The number of nitrogen functional groups attached to an aromatic ring is 1. The Bertz CT molecular complexity index is 2020. The predicted molar refractivity (Wildman–Crippen MR) is 195 cm³/mol. The van der Waals surface area contributed by atoms with Crippen LogP contribution in [0.15, 0.2) is 18.2 Å². The lowest BCUT2D eigenvalue weighted by Crippen LogP contribution is -2.55. The van der Waals surface area contributed by atoms with Gasteiger partial charge in [-0.2, -0.15) is 28.4 Å². The molecular weight excluding hydrogens is 721 g/mol. The maximum atomic E-state index is 16.5. The molecule has 0 aliphatic carbocycles. The number of fused-ring (bicyclic) bond motifs is 3. The van der Waals surface area contributed by atoms with E-state index in [9.17, 15) is 32.0 Å². The van der Waals surface area contributed by atoms with E-state index in [0.717, 1.165) is 31.0 Å². The van der Waals surface area contributed by atoms with Crippen molar-refractivity contribution in [3.8, 4) is 23.2 Å². The molecule has 7 rings (SSSR count). The van der Waals surface area contributed by atoms with Gasteiger partial charge in [0.15, 0.2) is 12.0 Å². The van der Waals surface area contributed by atoms with Crippen LogP contribution in [0.4, 0.5) is 37.2 Å². The Morgan fingerprint density at radius 2 is 1.85 bits per heavy atom. The number of piperazine rings is 1. The van der Waals surface area contributed by atoms with E-state index in [2.05, 4.69) is 21.8 Å². The summed E-state index contributed by atoms with van der Waals surface area (Å²) in [5.41, 5.74) is 2.33. The fraction of sp³-hybridized carbons (Fsp3) is 0.514. The van der Waals surface area contributed by atoms with E-state index in [4.69, 9.17) is 10.5 Å². The van der Waals surface area contributed by atoms with Crippen LogP contribution in [0.2, 0.25) is 0 Å². The minimum Gasteiger partial charge on any atom is -0.467 e. The van der Waals surface area contributed by atoms with Gasteiger partial charge in [-0.25, -0.2) is 13.2 Å². The summed E-state index contributed by atoms with van der Waals surface area (Å²) < 4.78 is 93.6. The van der Waals surface area contributed by atoms with Crippen molar-refractivity contribution in [3.05, 3.63) is 41.0 Å². The number of carbonyl (C=O) groups excluding carboxylic acids is 1. The number of halogens is 6. The molecular formula is C37H43F6N7O2S. The maximum Gasteiger partial charge on any atom is 0.417 e. The molecule has 3 fully saturated rings. The zero-order valence-corrected chi connectivity index (χ0v) is 31.3. The van der Waals surface area contributed by atoms with Crippen LogP contribution < -0.4 is 15.4 Å². The molecule has 2 aromatic carbocycles. The van der Waals surface area contributed by atoms with E-state index in [1.165, 1.54) is 44.4 Å². The van der Waals surface area contributed by atoms with Gasteiger partial charge in [0.2, 0.25) is 0 Å². The molecule has 3 aliphatic heterocycles. The summed E-state index contributed by atoms with van der Waals surface area (Å²) in [6, 6.07) is 4.42. The molecule has 3 aliphatic rings. The highest BCUT2D eigenvalue weighted by atomic mass is 32.1. The lowest BCUT2D eigenvalue weighted by molar-refractivity contribution is -0.138. The molecule has 2 aromatic heterocycles. The van der Waals surface area contributed by atoms with Crippen molar-refractivity contribution in [2.45, 2.75) is 78.3 Å². The normalized spacial score (nSPS) is 20.7. The highest BCUT2D eigenvalue weighted by Gasteiger charge is 2.39. The van der Waals surface area contributed by atoms with Crippen molar-refractivity contribution < 1.29 is 35.9 Å². The van der Waals surface area contributed by atoms with E-state index in [-0.39, 0.29) is 63.1 Å². The summed E-state index contributed by atoms with van der Waals surface area (Å²) in [4.78, 5) is 26.0. The number of rotatable bonds is 4. The number of aromatic nitrogens is 2. The van der Waals surface area contributed by atoms with Crippen molar-refractivity contribution in [1.29, 1.82) is 5.26 Å². The summed E-state index contributed by atoms with van der Waals surface area (Å²) in [5, 5.41) is 8.97. The number of hydrogen-bond acceptors (Lipinski definition) is 9. The van der Waals surface area contributed by atoms with Gasteiger partial charge >= 0.3 is 12.2 Å². The number of thiophene rings is 1. The molecule has 9 nitrogen and oxygen atoms in total. The molecule has 2 N–H and O–H groups in total. The van der Waals surface area contributed by atoms with Gasteiger partial charge in [0.1, 0.15) is 28.2 Å². The fourth-order valence-electron chi connectivity index (χ4n) is 7.57. The number of anilines is 2. The van der Waals surface area contributed by atoms with Crippen molar-refractivity contribution in [2.75, 3.05) is 50.5 Å². The number of benzene rings is 2. The fourth-order valence-corrected chi connectivity index (χ4v) is 8.52. The first-order valence-corrected chi connectivity index (χ1v) is 18.5. The van der Waals surface area contributed by atoms with Crippen molar-refractivity contribution >= 4 is 49.1 Å². The van der Waals surface area contributed by atoms with Crippen LogP contribution in [-0.2, 0) is 11.0 Å². The molecule has 3 saturated heterocycles. The second-order valence-electron chi connectivity index (χ2n) is 13.4. The molecule has 16 heteroatoms. The van der Waals surface area contributed by atoms with Gasteiger partial charge in [0, 0.05) is 54.6 Å².